The number of hydrogen-bond acceptors (Lipinski definition) is 3. The minimum absolute atomic E-state index is 0.165. The number of rotatable bonds is 3. The lowest BCUT2D eigenvalue weighted by Crippen LogP contribution is -2.41. The number of aromatic nitrogens is 3. The third-order valence-electron chi connectivity index (χ3n) is 5.77. The Labute approximate surface area is 193 Å². The maximum atomic E-state index is 14.1. The highest BCUT2D eigenvalue weighted by Crippen LogP contribution is 2.32. The molecule has 162 valence electrons. The summed E-state index contributed by atoms with van der Waals surface area (Å²) in [4.78, 5) is 23.9. The number of imidazole rings is 1. The summed E-state index contributed by atoms with van der Waals surface area (Å²) >= 11 is 3.23. The molecule has 0 spiro atoms. The molecule has 4 aromatic rings. The fraction of sp³-hybridized carbons (Fsp3) is 0.208. The van der Waals surface area contributed by atoms with Crippen LogP contribution in [0.2, 0.25) is 0 Å². The van der Waals surface area contributed by atoms with Crippen LogP contribution in [-0.2, 0) is 0 Å². The Morgan fingerprint density at radius 1 is 1.06 bits per heavy atom. The van der Waals surface area contributed by atoms with Crippen molar-refractivity contribution in [1.82, 2.24) is 19.4 Å². The number of fused-ring (bicyclic) bond motifs is 1. The van der Waals surface area contributed by atoms with Gasteiger partial charge in [0.25, 0.3) is 0 Å². The molecular weight excluding hydrogens is 473 g/mol. The molecule has 0 aliphatic carbocycles. The molecule has 1 fully saturated rings. The van der Waals surface area contributed by atoms with Gasteiger partial charge in [0, 0.05) is 35.4 Å². The average molecular weight is 494 g/mol. The molecule has 6 nitrogen and oxygen atoms in total. The summed E-state index contributed by atoms with van der Waals surface area (Å²) < 4.78 is 16.9. The molecular formula is C24H21BrFN5O. The maximum Gasteiger partial charge on any atom is 0.321 e. The Morgan fingerprint density at radius 2 is 1.84 bits per heavy atom. The summed E-state index contributed by atoms with van der Waals surface area (Å²) in [6.45, 7) is 1.13. The number of halogens is 2. The van der Waals surface area contributed by atoms with E-state index in [1.54, 1.807) is 23.2 Å². The lowest BCUT2D eigenvalue weighted by molar-refractivity contribution is 0.185. The molecule has 2 aromatic carbocycles. The highest BCUT2D eigenvalue weighted by atomic mass is 79.9. The maximum absolute atomic E-state index is 14.1. The van der Waals surface area contributed by atoms with Crippen LogP contribution >= 0.6 is 15.9 Å². The van der Waals surface area contributed by atoms with E-state index in [0.29, 0.717) is 17.6 Å². The molecule has 1 N–H and O–H groups in total. The summed E-state index contributed by atoms with van der Waals surface area (Å²) in [6.07, 6.45) is 3.31. The Hall–Kier alpha value is -3.26. The monoisotopic (exact) mass is 493 g/mol. The van der Waals surface area contributed by atoms with Gasteiger partial charge in [-0.05, 0) is 43.2 Å². The number of nitrogens with zero attached hydrogens (tertiary/aromatic N) is 4. The molecule has 2 amide bonds. The van der Waals surface area contributed by atoms with E-state index in [4.69, 9.17) is 4.98 Å². The molecule has 8 heteroatoms. The zero-order valence-corrected chi connectivity index (χ0v) is 18.8. The van der Waals surface area contributed by atoms with Crippen LogP contribution < -0.4 is 5.32 Å². The van der Waals surface area contributed by atoms with Crippen LogP contribution in [0.4, 0.5) is 14.9 Å². The number of carbonyl (C=O) groups is 1. The number of urea groups is 1. The first kappa shape index (κ1) is 20.6. The van der Waals surface area contributed by atoms with Crippen LogP contribution in [0.1, 0.15) is 18.9 Å². The molecule has 1 aliphatic rings. The predicted molar refractivity (Wildman–Crippen MR) is 126 cm³/mol. The van der Waals surface area contributed by atoms with Crippen molar-refractivity contribution in [1.29, 1.82) is 0 Å². The number of pyridine rings is 1. The van der Waals surface area contributed by atoms with E-state index in [2.05, 4.69) is 30.8 Å². The van der Waals surface area contributed by atoms with Gasteiger partial charge in [0.15, 0.2) is 5.65 Å². The second-order valence-corrected chi connectivity index (χ2v) is 8.71. The first-order chi connectivity index (χ1) is 15.6. The van der Waals surface area contributed by atoms with E-state index in [0.717, 1.165) is 35.4 Å². The van der Waals surface area contributed by atoms with Gasteiger partial charge >= 0.3 is 6.03 Å². The van der Waals surface area contributed by atoms with Gasteiger partial charge in [-0.3, -0.25) is 0 Å². The van der Waals surface area contributed by atoms with Crippen molar-refractivity contribution in [3.8, 4) is 11.4 Å². The number of carbonyl (C=O) groups excluding carboxylic acids is 1. The standard InChI is InChI=1S/C24H21BrFN5O/c25-17-8-9-20(19(26)15-17)29-24(32)30-13-10-18(11-14-30)31-22(16-5-2-1-3-6-16)28-21-7-4-12-27-23(21)31/h1-9,12,15,18H,10-11,13-14H2,(H,29,32). The third-order valence-corrected chi connectivity index (χ3v) is 6.26. The van der Waals surface area contributed by atoms with E-state index >= 15 is 0 Å². The van der Waals surface area contributed by atoms with Crippen LogP contribution in [0.5, 0.6) is 0 Å². The van der Waals surface area contributed by atoms with Crippen molar-refractivity contribution in [2.45, 2.75) is 18.9 Å². The predicted octanol–water partition coefficient (Wildman–Crippen LogP) is 5.87. The molecule has 0 radical (unpaired) electrons. The zero-order chi connectivity index (χ0) is 22.1. The number of benzene rings is 2. The largest absolute Gasteiger partial charge is 0.324 e. The van der Waals surface area contributed by atoms with E-state index < -0.39 is 5.82 Å². The Morgan fingerprint density at radius 3 is 2.59 bits per heavy atom. The summed E-state index contributed by atoms with van der Waals surface area (Å²) in [6, 6.07) is 18.4. The third kappa shape index (κ3) is 3.98. The summed E-state index contributed by atoms with van der Waals surface area (Å²) in [5, 5.41) is 2.68. The second kappa shape index (κ2) is 8.70. The Balaban J connectivity index is 1.36. The van der Waals surface area contributed by atoms with Crippen molar-refractivity contribution in [3.05, 3.63) is 77.2 Å². The lowest BCUT2D eigenvalue weighted by Gasteiger charge is -2.33. The molecule has 0 bridgehead atoms. The minimum atomic E-state index is -0.467. The SMILES string of the molecule is O=C(Nc1ccc(Br)cc1F)N1CCC(n2c(-c3ccccc3)nc3cccnc32)CC1. The quantitative estimate of drug-likeness (QED) is 0.388. The molecule has 3 heterocycles. The number of hydrogen-bond donors (Lipinski definition) is 1. The van der Waals surface area contributed by atoms with Crippen molar-refractivity contribution in [2.24, 2.45) is 0 Å². The summed E-state index contributed by atoms with van der Waals surface area (Å²) in [5.41, 5.74) is 2.93. The van der Waals surface area contributed by atoms with Gasteiger partial charge in [0.1, 0.15) is 17.2 Å². The van der Waals surface area contributed by atoms with Crippen molar-refractivity contribution >= 4 is 38.8 Å². The van der Waals surface area contributed by atoms with Crippen LogP contribution in [0.15, 0.2) is 71.3 Å². The molecule has 0 saturated carbocycles. The number of nitrogens with one attached hydrogen (secondary N) is 1. The van der Waals surface area contributed by atoms with Crippen LogP contribution in [-0.4, -0.2) is 38.6 Å². The molecule has 32 heavy (non-hydrogen) atoms. The van der Waals surface area contributed by atoms with Gasteiger partial charge in [-0.2, -0.15) is 0 Å². The second-order valence-electron chi connectivity index (χ2n) is 7.79. The van der Waals surface area contributed by atoms with Gasteiger partial charge in [0.05, 0.1) is 5.69 Å². The van der Waals surface area contributed by atoms with Gasteiger partial charge in [-0.15, -0.1) is 0 Å². The van der Waals surface area contributed by atoms with Crippen molar-refractivity contribution in [3.63, 3.8) is 0 Å². The van der Waals surface area contributed by atoms with Gasteiger partial charge in [0.2, 0.25) is 0 Å². The molecule has 2 aromatic heterocycles. The Bertz CT molecular complexity index is 1270. The molecule has 1 aliphatic heterocycles. The smallest absolute Gasteiger partial charge is 0.321 e. The fourth-order valence-electron chi connectivity index (χ4n) is 4.18. The first-order valence-electron chi connectivity index (χ1n) is 10.5. The Kier molecular flexibility index (Phi) is 5.61. The van der Waals surface area contributed by atoms with E-state index in [9.17, 15) is 9.18 Å². The topological polar surface area (TPSA) is 63.1 Å². The van der Waals surface area contributed by atoms with Gasteiger partial charge < -0.3 is 14.8 Å². The normalized spacial score (nSPS) is 14.6. The molecule has 5 rings (SSSR count). The summed E-state index contributed by atoms with van der Waals surface area (Å²) in [5.74, 6) is 0.421. The average Bonchev–Trinajstić information content (AvgIpc) is 3.21. The van der Waals surface area contributed by atoms with E-state index in [1.807, 2.05) is 42.5 Å². The highest BCUT2D eigenvalue weighted by Gasteiger charge is 2.28. The molecule has 0 unspecified atom stereocenters. The summed E-state index contributed by atoms with van der Waals surface area (Å²) in [7, 11) is 0. The first-order valence-corrected chi connectivity index (χ1v) is 11.3. The van der Waals surface area contributed by atoms with Crippen LogP contribution in [0, 0.1) is 5.82 Å². The van der Waals surface area contributed by atoms with Gasteiger partial charge in [-0.1, -0.05) is 46.3 Å². The number of likely N-dealkylation sites (tertiary alicyclic amines) is 1. The van der Waals surface area contributed by atoms with Crippen molar-refractivity contribution in [2.75, 3.05) is 18.4 Å². The minimum Gasteiger partial charge on any atom is -0.324 e. The van der Waals surface area contributed by atoms with E-state index in [-0.39, 0.29) is 17.8 Å². The van der Waals surface area contributed by atoms with E-state index in [1.165, 1.54) is 6.07 Å². The number of amides is 2. The fourth-order valence-corrected chi connectivity index (χ4v) is 4.51. The number of anilines is 1. The van der Waals surface area contributed by atoms with Crippen LogP contribution in [0.25, 0.3) is 22.6 Å². The molecule has 1 saturated heterocycles. The zero-order valence-electron chi connectivity index (χ0n) is 17.2. The highest BCUT2D eigenvalue weighted by molar-refractivity contribution is 9.10. The van der Waals surface area contributed by atoms with Crippen molar-refractivity contribution < 1.29 is 9.18 Å². The van der Waals surface area contributed by atoms with Crippen LogP contribution in [0.3, 0.4) is 0 Å². The van der Waals surface area contributed by atoms with Gasteiger partial charge in [-0.25, -0.2) is 19.2 Å². The molecule has 0 atom stereocenters. The number of piperidine rings is 1. The lowest BCUT2D eigenvalue weighted by atomic mass is 10.0.